The molecule has 0 bridgehead atoms. The van der Waals surface area contributed by atoms with Crippen LogP contribution in [0.2, 0.25) is 0 Å². The summed E-state index contributed by atoms with van der Waals surface area (Å²) in [5.41, 5.74) is 3.53. The summed E-state index contributed by atoms with van der Waals surface area (Å²) in [5, 5.41) is 5.10. The van der Waals surface area contributed by atoms with Crippen molar-refractivity contribution in [1.82, 2.24) is 10.6 Å². The van der Waals surface area contributed by atoms with Crippen molar-refractivity contribution >= 4 is 17.6 Å². The van der Waals surface area contributed by atoms with E-state index in [0.717, 1.165) is 24.9 Å². The van der Waals surface area contributed by atoms with Crippen molar-refractivity contribution < 1.29 is 9.59 Å². The lowest BCUT2D eigenvalue weighted by Gasteiger charge is -2.31. The van der Waals surface area contributed by atoms with Crippen LogP contribution in [-0.4, -0.2) is 25.0 Å². The highest BCUT2D eigenvalue weighted by Crippen LogP contribution is 2.26. The monoisotopic (exact) mass is 337 g/mol. The average molecular weight is 337 g/mol. The van der Waals surface area contributed by atoms with Crippen LogP contribution in [0.15, 0.2) is 54.6 Å². The normalized spacial score (nSPS) is 13.0. The zero-order valence-electron chi connectivity index (χ0n) is 14.2. The van der Waals surface area contributed by atoms with Gasteiger partial charge in [0.25, 0.3) is 0 Å². The Morgan fingerprint density at radius 2 is 1.76 bits per heavy atom. The van der Waals surface area contributed by atoms with Gasteiger partial charge in [0.2, 0.25) is 5.91 Å². The standard InChI is InChI=1S/C20H23N3O2/c24-19(22-20(25)21-15-16-7-2-1-3-8-16)12-14-23-13-6-10-17-9-4-5-11-18(17)23/h1-5,7-9,11H,6,10,12-15H2,(H2,21,22,24,25). The fourth-order valence-electron chi connectivity index (χ4n) is 3.09. The largest absolute Gasteiger partial charge is 0.371 e. The van der Waals surface area contributed by atoms with Gasteiger partial charge in [-0.05, 0) is 30.0 Å². The van der Waals surface area contributed by atoms with Gasteiger partial charge in [0.05, 0.1) is 0 Å². The molecule has 3 rings (SSSR count). The van der Waals surface area contributed by atoms with E-state index in [-0.39, 0.29) is 5.91 Å². The molecule has 0 fully saturated rings. The van der Waals surface area contributed by atoms with Gasteiger partial charge in [-0.2, -0.15) is 0 Å². The molecule has 0 radical (unpaired) electrons. The van der Waals surface area contributed by atoms with Gasteiger partial charge in [-0.3, -0.25) is 10.1 Å². The second-order valence-electron chi connectivity index (χ2n) is 6.19. The highest BCUT2D eigenvalue weighted by molar-refractivity contribution is 5.94. The minimum atomic E-state index is -0.451. The van der Waals surface area contributed by atoms with Crippen molar-refractivity contribution in [2.45, 2.75) is 25.8 Å². The number of carbonyl (C=O) groups excluding carboxylic acids is 2. The molecule has 3 amide bonds. The van der Waals surface area contributed by atoms with Gasteiger partial charge in [0, 0.05) is 31.7 Å². The molecule has 0 spiro atoms. The first kappa shape index (κ1) is 17.0. The number of benzene rings is 2. The quantitative estimate of drug-likeness (QED) is 0.882. The van der Waals surface area contributed by atoms with Crippen molar-refractivity contribution in [3.05, 3.63) is 65.7 Å². The van der Waals surface area contributed by atoms with Gasteiger partial charge in [0.15, 0.2) is 0 Å². The number of anilines is 1. The third-order valence-corrected chi connectivity index (χ3v) is 4.36. The van der Waals surface area contributed by atoms with Gasteiger partial charge in [-0.1, -0.05) is 48.5 Å². The van der Waals surface area contributed by atoms with Crippen molar-refractivity contribution in [3.63, 3.8) is 0 Å². The number of hydrogen-bond acceptors (Lipinski definition) is 3. The zero-order chi connectivity index (χ0) is 17.5. The Balaban J connectivity index is 1.43. The van der Waals surface area contributed by atoms with Gasteiger partial charge < -0.3 is 10.2 Å². The van der Waals surface area contributed by atoms with Crippen molar-refractivity contribution in [2.24, 2.45) is 0 Å². The number of amides is 3. The lowest BCUT2D eigenvalue weighted by atomic mass is 10.0. The molecule has 0 saturated carbocycles. The van der Waals surface area contributed by atoms with E-state index in [1.807, 2.05) is 42.5 Å². The molecular weight excluding hydrogens is 314 g/mol. The van der Waals surface area contributed by atoms with Crippen LogP contribution in [0.25, 0.3) is 0 Å². The maximum Gasteiger partial charge on any atom is 0.321 e. The number of carbonyl (C=O) groups is 2. The Morgan fingerprint density at radius 3 is 2.60 bits per heavy atom. The maximum atomic E-state index is 12.0. The Kier molecular flexibility index (Phi) is 5.67. The topological polar surface area (TPSA) is 61.4 Å². The van der Waals surface area contributed by atoms with Crippen molar-refractivity contribution in [3.8, 4) is 0 Å². The van der Waals surface area contributed by atoms with E-state index in [1.54, 1.807) is 0 Å². The van der Waals surface area contributed by atoms with Crippen LogP contribution in [0.3, 0.4) is 0 Å². The number of nitrogens with zero attached hydrogens (tertiary/aromatic N) is 1. The van der Waals surface area contributed by atoms with Crippen LogP contribution in [0.1, 0.15) is 24.0 Å². The van der Waals surface area contributed by atoms with Crippen LogP contribution >= 0.6 is 0 Å². The summed E-state index contributed by atoms with van der Waals surface area (Å²) in [5.74, 6) is -0.256. The minimum absolute atomic E-state index is 0.256. The SMILES string of the molecule is O=C(CCN1CCCc2ccccc21)NC(=O)NCc1ccccc1. The summed E-state index contributed by atoms with van der Waals surface area (Å²) < 4.78 is 0. The second kappa shape index (κ2) is 8.33. The predicted molar refractivity (Wildman–Crippen MR) is 98.4 cm³/mol. The summed E-state index contributed by atoms with van der Waals surface area (Å²) >= 11 is 0. The van der Waals surface area contributed by atoms with Crippen LogP contribution in [0.5, 0.6) is 0 Å². The Labute approximate surface area is 148 Å². The number of para-hydroxylation sites is 1. The first-order valence-electron chi connectivity index (χ1n) is 8.67. The third-order valence-electron chi connectivity index (χ3n) is 4.36. The van der Waals surface area contributed by atoms with Crippen LogP contribution < -0.4 is 15.5 Å². The first-order chi connectivity index (χ1) is 12.2. The van der Waals surface area contributed by atoms with Gasteiger partial charge >= 0.3 is 6.03 Å². The number of aryl methyl sites for hydroxylation is 1. The van der Waals surface area contributed by atoms with Crippen molar-refractivity contribution in [1.29, 1.82) is 0 Å². The molecule has 130 valence electrons. The summed E-state index contributed by atoms with van der Waals surface area (Å²) in [7, 11) is 0. The smallest absolute Gasteiger partial charge is 0.321 e. The summed E-state index contributed by atoms with van der Waals surface area (Å²) in [6, 6.07) is 17.5. The summed E-state index contributed by atoms with van der Waals surface area (Å²) in [6.07, 6.45) is 2.48. The molecule has 0 aliphatic carbocycles. The third kappa shape index (κ3) is 4.83. The van der Waals surface area contributed by atoms with E-state index in [1.165, 1.54) is 11.3 Å². The Bertz CT molecular complexity index is 731. The average Bonchev–Trinajstić information content (AvgIpc) is 2.65. The molecule has 0 saturated heterocycles. The number of nitrogens with one attached hydrogen (secondary N) is 2. The van der Waals surface area contributed by atoms with Crippen LogP contribution in [-0.2, 0) is 17.8 Å². The molecule has 2 N–H and O–H groups in total. The molecule has 5 heteroatoms. The van der Waals surface area contributed by atoms with Crippen molar-refractivity contribution in [2.75, 3.05) is 18.0 Å². The maximum absolute atomic E-state index is 12.0. The number of rotatable bonds is 5. The molecule has 0 atom stereocenters. The van der Waals surface area contributed by atoms with Gasteiger partial charge in [-0.25, -0.2) is 4.79 Å². The molecule has 5 nitrogen and oxygen atoms in total. The molecule has 1 aliphatic rings. The second-order valence-corrected chi connectivity index (χ2v) is 6.19. The number of fused-ring (bicyclic) bond motifs is 1. The Morgan fingerprint density at radius 1 is 1.00 bits per heavy atom. The predicted octanol–water partition coefficient (Wildman–Crippen LogP) is 2.86. The highest BCUT2D eigenvalue weighted by atomic mass is 16.2. The van der Waals surface area contributed by atoms with E-state index in [2.05, 4.69) is 27.7 Å². The lowest BCUT2D eigenvalue weighted by Crippen LogP contribution is -2.41. The molecule has 2 aromatic carbocycles. The fraction of sp³-hybridized carbons (Fsp3) is 0.300. The first-order valence-corrected chi connectivity index (χ1v) is 8.67. The molecule has 25 heavy (non-hydrogen) atoms. The number of urea groups is 1. The Hall–Kier alpha value is -2.82. The molecule has 1 heterocycles. The van der Waals surface area contributed by atoms with E-state index in [9.17, 15) is 9.59 Å². The van der Waals surface area contributed by atoms with Gasteiger partial charge in [0.1, 0.15) is 0 Å². The van der Waals surface area contributed by atoms with Gasteiger partial charge in [-0.15, -0.1) is 0 Å². The molecule has 0 aromatic heterocycles. The van der Waals surface area contributed by atoms with E-state index in [4.69, 9.17) is 0 Å². The number of imide groups is 1. The van der Waals surface area contributed by atoms with Crippen LogP contribution in [0.4, 0.5) is 10.5 Å². The fourth-order valence-corrected chi connectivity index (χ4v) is 3.09. The number of hydrogen-bond donors (Lipinski definition) is 2. The lowest BCUT2D eigenvalue weighted by molar-refractivity contribution is -0.119. The highest BCUT2D eigenvalue weighted by Gasteiger charge is 2.17. The minimum Gasteiger partial charge on any atom is -0.371 e. The molecular formula is C20H23N3O2. The van der Waals surface area contributed by atoms with E-state index in [0.29, 0.717) is 19.5 Å². The van der Waals surface area contributed by atoms with E-state index < -0.39 is 6.03 Å². The molecule has 1 aliphatic heterocycles. The molecule has 2 aromatic rings. The van der Waals surface area contributed by atoms with Crippen LogP contribution in [0, 0.1) is 0 Å². The summed E-state index contributed by atoms with van der Waals surface area (Å²) in [6.45, 7) is 1.97. The van der Waals surface area contributed by atoms with E-state index >= 15 is 0 Å². The summed E-state index contributed by atoms with van der Waals surface area (Å²) in [4.78, 5) is 26.1. The molecule has 0 unspecified atom stereocenters. The zero-order valence-corrected chi connectivity index (χ0v) is 14.2.